The summed E-state index contributed by atoms with van der Waals surface area (Å²) in [5.41, 5.74) is 1.00. The van der Waals surface area contributed by atoms with Gasteiger partial charge in [0, 0.05) is 4.90 Å². The minimum Gasteiger partial charge on any atom is -0.368 e. The summed E-state index contributed by atoms with van der Waals surface area (Å²) < 4.78 is 7.60. The molecule has 0 aliphatic rings. The molecule has 0 bridgehead atoms. The van der Waals surface area contributed by atoms with Crippen LogP contribution in [0.5, 0.6) is 0 Å². The predicted molar refractivity (Wildman–Crippen MR) is 77.8 cm³/mol. The van der Waals surface area contributed by atoms with Crippen molar-refractivity contribution in [1.29, 1.82) is 0 Å². The maximum absolute atomic E-state index is 5.77. The smallest absolute Gasteiger partial charge is 0.160 e. The van der Waals surface area contributed by atoms with E-state index in [-0.39, 0.29) is 12.2 Å². The van der Waals surface area contributed by atoms with Crippen LogP contribution in [0.2, 0.25) is 0 Å². The Morgan fingerprint density at radius 3 is 2.42 bits per heavy atom. The third-order valence-electron chi connectivity index (χ3n) is 2.73. The highest BCUT2D eigenvalue weighted by Gasteiger charge is 2.16. The zero-order chi connectivity index (χ0) is 13.8. The molecule has 1 heterocycles. The Morgan fingerprint density at radius 2 is 1.84 bits per heavy atom. The SMILES string of the molecule is CSc1ccc(-n2ncnc2[C@H](C)OC(C)C)cc1. The van der Waals surface area contributed by atoms with Gasteiger partial charge in [-0.2, -0.15) is 5.10 Å². The van der Waals surface area contributed by atoms with E-state index < -0.39 is 0 Å². The van der Waals surface area contributed by atoms with Crippen molar-refractivity contribution in [3.63, 3.8) is 0 Å². The number of hydrogen-bond acceptors (Lipinski definition) is 4. The molecule has 4 nitrogen and oxygen atoms in total. The molecule has 5 heteroatoms. The third-order valence-corrected chi connectivity index (χ3v) is 3.47. The summed E-state index contributed by atoms with van der Waals surface area (Å²) in [6.07, 6.45) is 3.72. The van der Waals surface area contributed by atoms with E-state index in [1.165, 1.54) is 4.90 Å². The first-order chi connectivity index (χ1) is 9.11. The molecule has 0 saturated heterocycles. The lowest BCUT2D eigenvalue weighted by atomic mass is 10.3. The van der Waals surface area contributed by atoms with Crippen LogP contribution < -0.4 is 0 Å². The normalized spacial score (nSPS) is 12.9. The molecular formula is C14H19N3OS. The molecule has 0 N–H and O–H groups in total. The molecule has 0 unspecified atom stereocenters. The van der Waals surface area contributed by atoms with Crippen LogP contribution in [0.15, 0.2) is 35.5 Å². The van der Waals surface area contributed by atoms with Gasteiger partial charge in [-0.3, -0.25) is 0 Å². The minimum absolute atomic E-state index is 0.0808. The van der Waals surface area contributed by atoms with Crippen molar-refractivity contribution in [2.45, 2.75) is 37.9 Å². The molecule has 0 spiro atoms. The second-order valence-electron chi connectivity index (χ2n) is 4.56. The van der Waals surface area contributed by atoms with E-state index in [0.29, 0.717) is 0 Å². The van der Waals surface area contributed by atoms with Gasteiger partial charge in [-0.15, -0.1) is 11.8 Å². The molecule has 1 aromatic carbocycles. The van der Waals surface area contributed by atoms with Crippen molar-refractivity contribution in [3.8, 4) is 5.69 Å². The molecule has 19 heavy (non-hydrogen) atoms. The standard InChI is InChI=1S/C14H19N3OS/c1-10(2)18-11(3)14-15-9-16-17(14)12-5-7-13(19-4)8-6-12/h5-11H,1-4H3/t11-/m0/s1. The average molecular weight is 277 g/mol. The number of ether oxygens (including phenoxy) is 1. The third kappa shape index (κ3) is 3.36. The fourth-order valence-electron chi connectivity index (χ4n) is 1.92. The van der Waals surface area contributed by atoms with Crippen molar-refractivity contribution in [2.75, 3.05) is 6.26 Å². The average Bonchev–Trinajstić information content (AvgIpc) is 2.87. The summed E-state index contributed by atoms with van der Waals surface area (Å²) in [5.74, 6) is 0.825. The highest BCUT2D eigenvalue weighted by Crippen LogP contribution is 2.21. The maximum Gasteiger partial charge on any atom is 0.160 e. The lowest BCUT2D eigenvalue weighted by Gasteiger charge is -2.16. The molecule has 0 aliphatic carbocycles. The van der Waals surface area contributed by atoms with Crippen molar-refractivity contribution in [2.24, 2.45) is 0 Å². The summed E-state index contributed by atoms with van der Waals surface area (Å²) >= 11 is 1.72. The van der Waals surface area contributed by atoms with Gasteiger partial charge in [-0.1, -0.05) is 0 Å². The first-order valence-electron chi connectivity index (χ1n) is 6.31. The molecule has 1 aromatic heterocycles. The fraction of sp³-hybridized carbons (Fsp3) is 0.429. The van der Waals surface area contributed by atoms with Gasteiger partial charge >= 0.3 is 0 Å². The highest BCUT2D eigenvalue weighted by molar-refractivity contribution is 7.98. The van der Waals surface area contributed by atoms with E-state index in [9.17, 15) is 0 Å². The van der Waals surface area contributed by atoms with Crippen LogP contribution in [0.3, 0.4) is 0 Å². The van der Waals surface area contributed by atoms with Gasteiger partial charge in [0.2, 0.25) is 0 Å². The number of rotatable bonds is 5. The van der Waals surface area contributed by atoms with Crippen molar-refractivity contribution < 1.29 is 4.74 Å². The van der Waals surface area contributed by atoms with E-state index >= 15 is 0 Å². The Morgan fingerprint density at radius 1 is 1.16 bits per heavy atom. The van der Waals surface area contributed by atoms with Crippen molar-refractivity contribution in [1.82, 2.24) is 14.8 Å². The molecule has 0 saturated carbocycles. The van der Waals surface area contributed by atoms with Gasteiger partial charge < -0.3 is 4.74 Å². The summed E-state index contributed by atoms with van der Waals surface area (Å²) in [7, 11) is 0. The Bertz CT molecular complexity index is 522. The molecule has 2 aromatic rings. The molecule has 102 valence electrons. The largest absolute Gasteiger partial charge is 0.368 e. The van der Waals surface area contributed by atoms with Gasteiger partial charge in [-0.25, -0.2) is 9.67 Å². The Balaban J connectivity index is 2.27. The highest BCUT2D eigenvalue weighted by atomic mass is 32.2. The molecule has 0 amide bonds. The summed E-state index contributed by atoms with van der Waals surface area (Å²) in [6.45, 7) is 6.03. The van der Waals surface area contributed by atoms with Gasteiger partial charge in [0.15, 0.2) is 5.82 Å². The van der Waals surface area contributed by atoms with Gasteiger partial charge in [0.05, 0.1) is 11.8 Å². The maximum atomic E-state index is 5.77. The second-order valence-corrected chi connectivity index (χ2v) is 5.43. The van der Waals surface area contributed by atoms with E-state index in [4.69, 9.17) is 4.74 Å². The van der Waals surface area contributed by atoms with Crippen LogP contribution in [0.1, 0.15) is 32.7 Å². The lowest BCUT2D eigenvalue weighted by molar-refractivity contribution is 0.0117. The fourth-order valence-corrected chi connectivity index (χ4v) is 2.33. The van der Waals surface area contributed by atoms with Crippen molar-refractivity contribution >= 4 is 11.8 Å². The molecule has 0 aliphatic heterocycles. The van der Waals surface area contributed by atoms with Crippen LogP contribution in [0.4, 0.5) is 0 Å². The zero-order valence-electron chi connectivity index (χ0n) is 11.7. The van der Waals surface area contributed by atoms with Crippen LogP contribution >= 0.6 is 11.8 Å². The van der Waals surface area contributed by atoms with E-state index in [2.05, 4.69) is 28.5 Å². The van der Waals surface area contributed by atoms with Gasteiger partial charge in [-0.05, 0) is 51.3 Å². The number of hydrogen-bond donors (Lipinski definition) is 0. The summed E-state index contributed by atoms with van der Waals surface area (Å²) in [4.78, 5) is 5.54. The Kier molecular flexibility index (Phi) is 4.61. The van der Waals surface area contributed by atoms with Gasteiger partial charge in [0.25, 0.3) is 0 Å². The van der Waals surface area contributed by atoms with E-state index in [1.54, 1.807) is 18.1 Å². The van der Waals surface area contributed by atoms with E-state index in [0.717, 1.165) is 11.5 Å². The second kappa shape index (κ2) is 6.21. The quantitative estimate of drug-likeness (QED) is 0.785. The number of thioether (sulfide) groups is 1. The number of nitrogens with zero attached hydrogens (tertiary/aromatic N) is 3. The minimum atomic E-state index is -0.0808. The van der Waals surface area contributed by atoms with Crippen LogP contribution in [0.25, 0.3) is 5.69 Å². The first-order valence-corrected chi connectivity index (χ1v) is 7.54. The van der Waals surface area contributed by atoms with Crippen molar-refractivity contribution in [3.05, 3.63) is 36.4 Å². The molecular weight excluding hydrogens is 258 g/mol. The predicted octanol–water partition coefficient (Wildman–Crippen LogP) is 3.48. The number of benzene rings is 1. The van der Waals surface area contributed by atoms with Crippen LogP contribution in [0, 0.1) is 0 Å². The van der Waals surface area contributed by atoms with Crippen LogP contribution in [-0.4, -0.2) is 27.1 Å². The molecule has 0 radical (unpaired) electrons. The number of aromatic nitrogens is 3. The van der Waals surface area contributed by atoms with Gasteiger partial charge in [0.1, 0.15) is 12.4 Å². The monoisotopic (exact) mass is 277 g/mol. The Hall–Kier alpha value is -1.33. The van der Waals surface area contributed by atoms with Crippen LogP contribution in [-0.2, 0) is 4.74 Å². The molecule has 0 fully saturated rings. The topological polar surface area (TPSA) is 39.9 Å². The molecule has 2 rings (SSSR count). The Labute approximate surface area is 118 Å². The zero-order valence-corrected chi connectivity index (χ0v) is 12.5. The first kappa shape index (κ1) is 14.1. The summed E-state index contributed by atoms with van der Waals surface area (Å²) in [5, 5.41) is 4.29. The molecule has 1 atom stereocenters. The van der Waals surface area contributed by atoms with E-state index in [1.807, 2.05) is 37.6 Å². The summed E-state index contributed by atoms with van der Waals surface area (Å²) in [6, 6.07) is 8.26. The lowest BCUT2D eigenvalue weighted by Crippen LogP contribution is -2.13.